The summed E-state index contributed by atoms with van der Waals surface area (Å²) in [6.45, 7) is 2.94. The summed E-state index contributed by atoms with van der Waals surface area (Å²) in [6.07, 6.45) is 2.33. The van der Waals surface area contributed by atoms with Crippen molar-refractivity contribution in [1.82, 2.24) is 14.9 Å². The fourth-order valence-corrected chi connectivity index (χ4v) is 2.59. The van der Waals surface area contributed by atoms with Gasteiger partial charge in [0.1, 0.15) is 11.4 Å². The Hall–Kier alpha value is -2.95. The molecule has 122 valence electrons. The van der Waals surface area contributed by atoms with Crippen LogP contribution in [-0.4, -0.2) is 32.4 Å². The molecule has 0 aliphatic carbocycles. The zero-order chi connectivity index (χ0) is 16.9. The molecular formula is C19H19N3O2. The number of hydrogen-bond donors (Lipinski definition) is 1. The summed E-state index contributed by atoms with van der Waals surface area (Å²) < 4.78 is 0. The van der Waals surface area contributed by atoms with Gasteiger partial charge in [0.05, 0.1) is 17.2 Å². The number of aromatic nitrogens is 2. The Morgan fingerprint density at radius 2 is 1.79 bits per heavy atom. The van der Waals surface area contributed by atoms with Gasteiger partial charge in [-0.25, -0.2) is 4.98 Å². The van der Waals surface area contributed by atoms with Crippen LogP contribution in [0.25, 0.3) is 11.0 Å². The molecule has 0 bridgehead atoms. The van der Waals surface area contributed by atoms with Gasteiger partial charge in [0.15, 0.2) is 0 Å². The number of para-hydroxylation sites is 3. The Bertz CT molecular complexity index is 864. The van der Waals surface area contributed by atoms with E-state index in [9.17, 15) is 9.90 Å². The molecule has 1 heterocycles. The Kier molecular flexibility index (Phi) is 4.70. The fraction of sp³-hybridized carbons (Fsp3) is 0.211. The highest BCUT2D eigenvalue weighted by Crippen LogP contribution is 2.19. The number of fused-ring (bicyclic) bond motifs is 1. The third kappa shape index (κ3) is 3.35. The standard InChI is InChI=1S/C19H19N3O2/c1-2-11-22(13-14-7-3-6-10-18(14)23)19(24)17-12-20-15-8-4-5-9-16(15)21-17/h3-10,12,23H,2,11,13H2,1H3. The maximum absolute atomic E-state index is 12.8. The minimum atomic E-state index is -0.182. The summed E-state index contributed by atoms with van der Waals surface area (Å²) in [5, 5.41) is 9.96. The van der Waals surface area contributed by atoms with Crippen LogP contribution in [0.15, 0.2) is 54.7 Å². The lowest BCUT2D eigenvalue weighted by atomic mass is 10.1. The van der Waals surface area contributed by atoms with Gasteiger partial charge in [-0.1, -0.05) is 37.3 Å². The van der Waals surface area contributed by atoms with Gasteiger partial charge in [0.25, 0.3) is 5.91 Å². The van der Waals surface area contributed by atoms with Crippen LogP contribution < -0.4 is 0 Å². The molecule has 5 nitrogen and oxygen atoms in total. The number of carbonyl (C=O) groups excluding carboxylic acids is 1. The van der Waals surface area contributed by atoms with Crippen LogP contribution >= 0.6 is 0 Å². The third-order valence-corrected chi connectivity index (χ3v) is 3.80. The van der Waals surface area contributed by atoms with Gasteiger partial charge in [-0.2, -0.15) is 0 Å². The molecule has 0 fully saturated rings. The van der Waals surface area contributed by atoms with Gasteiger partial charge in [-0.15, -0.1) is 0 Å². The number of hydrogen-bond acceptors (Lipinski definition) is 4. The molecule has 1 aromatic heterocycles. The molecule has 0 aliphatic heterocycles. The van der Waals surface area contributed by atoms with Crippen LogP contribution in [0.4, 0.5) is 0 Å². The molecule has 1 amide bonds. The van der Waals surface area contributed by atoms with E-state index in [1.165, 1.54) is 6.20 Å². The van der Waals surface area contributed by atoms with E-state index in [4.69, 9.17) is 0 Å². The number of amides is 1. The highest BCUT2D eigenvalue weighted by atomic mass is 16.3. The highest BCUT2D eigenvalue weighted by molar-refractivity contribution is 5.93. The van der Waals surface area contributed by atoms with Gasteiger partial charge in [0, 0.05) is 18.7 Å². The first kappa shape index (κ1) is 15.9. The average molecular weight is 321 g/mol. The lowest BCUT2D eigenvalue weighted by molar-refractivity contribution is 0.0736. The van der Waals surface area contributed by atoms with E-state index in [-0.39, 0.29) is 11.7 Å². The van der Waals surface area contributed by atoms with Crippen LogP contribution in [0, 0.1) is 0 Å². The Morgan fingerprint density at radius 3 is 2.54 bits per heavy atom. The van der Waals surface area contributed by atoms with E-state index in [0.717, 1.165) is 11.9 Å². The molecule has 0 unspecified atom stereocenters. The average Bonchev–Trinajstić information content (AvgIpc) is 2.62. The predicted octanol–water partition coefficient (Wildman–Crippen LogP) is 3.39. The van der Waals surface area contributed by atoms with Gasteiger partial charge in [0.2, 0.25) is 0 Å². The highest BCUT2D eigenvalue weighted by Gasteiger charge is 2.18. The maximum atomic E-state index is 12.8. The molecule has 2 aromatic carbocycles. The van der Waals surface area contributed by atoms with Gasteiger partial charge < -0.3 is 10.0 Å². The first-order valence-electron chi connectivity index (χ1n) is 7.97. The monoisotopic (exact) mass is 321 g/mol. The van der Waals surface area contributed by atoms with Crippen molar-refractivity contribution in [1.29, 1.82) is 0 Å². The Labute approximate surface area is 140 Å². The second kappa shape index (κ2) is 7.08. The van der Waals surface area contributed by atoms with Crippen LogP contribution in [-0.2, 0) is 6.54 Å². The van der Waals surface area contributed by atoms with Crippen molar-refractivity contribution in [3.63, 3.8) is 0 Å². The largest absolute Gasteiger partial charge is 0.508 e. The van der Waals surface area contributed by atoms with Crippen LogP contribution in [0.3, 0.4) is 0 Å². The molecule has 0 atom stereocenters. The summed E-state index contributed by atoms with van der Waals surface area (Å²) in [6, 6.07) is 14.5. The molecule has 0 aliphatic rings. The normalized spacial score (nSPS) is 10.7. The lowest BCUT2D eigenvalue weighted by Crippen LogP contribution is -2.32. The van der Waals surface area contributed by atoms with Gasteiger partial charge in [-0.3, -0.25) is 9.78 Å². The van der Waals surface area contributed by atoms with Crippen molar-refractivity contribution in [3.8, 4) is 5.75 Å². The second-order valence-corrected chi connectivity index (χ2v) is 5.60. The maximum Gasteiger partial charge on any atom is 0.274 e. The van der Waals surface area contributed by atoms with E-state index in [1.54, 1.807) is 17.0 Å². The Balaban J connectivity index is 1.89. The van der Waals surface area contributed by atoms with Crippen molar-refractivity contribution >= 4 is 16.9 Å². The molecule has 3 rings (SSSR count). The van der Waals surface area contributed by atoms with E-state index in [1.807, 2.05) is 43.3 Å². The molecule has 0 saturated carbocycles. The summed E-state index contributed by atoms with van der Waals surface area (Å²) in [5.41, 5.74) is 2.49. The zero-order valence-corrected chi connectivity index (χ0v) is 13.5. The smallest absolute Gasteiger partial charge is 0.274 e. The SMILES string of the molecule is CCCN(Cc1ccccc1O)C(=O)c1cnc2ccccc2n1. The first-order chi connectivity index (χ1) is 11.7. The van der Waals surface area contributed by atoms with Crippen LogP contribution in [0.2, 0.25) is 0 Å². The van der Waals surface area contributed by atoms with Crippen LogP contribution in [0.5, 0.6) is 5.75 Å². The quantitative estimate of drug-likeness (QED) is 0.782. The number of nitrogens with zero attached hydrogens (tertiary/aromatic N) is 3. The van der Waals surface area contributed by atoms with Gasteiger partial charge in [-0.05, 0) is 24.6 Å². The number of phenolic OH excluding ortho intramolecular Hbond substituents is 1. The molecule has 5 heteroatoms. The van der Waals surface area contributed by atoms with Crippen molar-refractivity contribution in [2.24, 2.45) is 0 Å². The van der Waals surface area contributed by atoms with Crippen molar-refractivity contribution in [3.05, 3.63) is 66.0 Å². The van der Waals surface area contributed by atoms with E-state index in [2.05, 4.69) is 9.97 Å². The van der Waals surface area contributed by atoms with E-state index < -0.39 is 0 Å². The van der Waals surface area contributed by atoms with Crippen LogP contribution in [0.1, 0.15) is 29.4 Å². The fourth-order valence-electron chi connectivity index (χ4n) is 2.59. The second-order valence-electron chi connectivity index (χ2n) is 5.60. The molecular weight excluding hydrogens is 302 g/mol. The summed E-state index contributed by atoms with van der Waals surface area (Å²) in [5.74, 6) is 0.00866. The van der Waals surface area contributed by atoms with Crippen molar-refractivity contribution in [2.45, 2.75) is 19.9 Å². The minimum absolute atomic E-state index is 0.182. The van der Waals surface area contributed by atoms with Crippen molar-refractivity contribution < 1.29 is 9.90 Å². The topological polar surface area (TPSA) is 66.3 Å². The number of phenols is 1. The van der Waals surface area contributed by atoms with E-state index in [0.29, 0.717) is 29.9 Å². The van der Waals surface area contributed by atoms with Crippen molar-refractivity contribution in [2.75, 3.05) is 6.54 Å². The molecule has 24 heavy (non-hydrogen) atoms. The third-order valence-electron chi connectivity index (χ3n) is 3.80. The first-order valence-corrected chi connectivity index (χ1v) is 7.97. The molecule has 3 aromatic rings. The number of aromatic hydroxyl groups is 1. The van der Waals surface area contributed by atoms with E-state index >= 15 is 0 Å². The molecule has 0 saturated heterocycles. The number of benzene rings is 2. The summed E-state index contributed by atoms with van der Waals surface area (Å²) >= 11 is 0. The zero-order valence-electron chi connectivity index (χ0n) is 13.5. The number of rotatable bonds is 5. The number of carbonyl (C=O) groups is 1. The molecule has 0 radical (unpaired) electrons. The minimum Gasteiger partial charge on any atom is -0.508 e. The summed E-state index contributed by atoms with van der Waals surface area (Å²) in [4.78, 5) is 23.3. The Morgan fingerprint density at radius 1 is 1.08 bits per heavy atom. The molecule has 0 spiro atoms. The summed E-state index contributed by atoms with van der Waals surface area (Å²) in [7, 11) is 0. The van der Waals surface area contributed by atoms with Gasteiger partial charge >= 0.3 is 0 Å². The predicted molar refractivity (Wildman–Crippen MR) is 92.7 cm³/mol. The molecule has 1 N–H and O–H groups in total. The lowest BCUT2D eigenvalue weighted by Gasteiger charge is -2.22.